The average Bonchev–Trinajstić information content (AvgIpc) is 2.44. The van der Waals surface area contributed by atoms with Gasteiger partial charge in [-0.3, -0.25) is 9.69 Å². The van der Waals surface area contributed by atoms with Crippen molar-refractivity contribution in [2.45, 2.75) is 18.9 Å². The number of likely N-dealkylation sites (tertiary alicyclic amines) is 1. The Morgan fingerprint density at radius 1 is 1.50 bits per heavy atom. The molecule has 6 heteroatoms. The Morgan fingerprint density at radius 2 is 2.20 bits per heavy atom. The SMILES string of the molecule is N#CCN1CCC(NC(=O)c2cccc(Cl)c2F)CC1. The van der Waals surface area contributed by atoms with Crippen LogP contribution in [0.25, 0.3) is 0 Å². The summed E-state index contributed by atoms with van der Waals surface area (Å²) in [6.45, 7) is 1.93. The van der Waals surface area contributed by atoms with Crippen molar-refractivity contribution in [2.75, 3.05) is 19.6 Å². The summed E-state index contributed by atoms with van der Waals surface area (Å²) >= 11 is 5.66. The lowest BCUT2D eigenvalue weighted by Gasteiger charge is -2.30. The Balaban J connectivity index is 1.93. The molecule has 0 atom stereocenters. The van der Waals surface area contributed by atoms with Crippen molar-refractivity contribution < 1.29 is 9.18 Å². The molecule has 0 aromatic heterocycles. The van der Waals surface area contributed by atoms with Gasteiger partial charge in [0.15, 0.2) is 5.82 Å². The second-order valence-electron chi connectivity index (χ2n) is 4.78. The number of nitriles is 1. The van der Waals surface area contributed by atoms with Crippen molar-refractivity contribution in [3.05, 3.63) is 34.6 Å². The zero-order chi connectivity index (χ0) is 14.5. The van der Waals surface area contributed by atoms with Gasteiger partial charge in [-0.15, -0.1) is 0 Å². The number of hydrogen-bond donors (Lipinski definition) is 1. The van der Waals surface area contributed by atoms with E-state index < -0.39 is 11.7 Å². The average molecular weight is 296 g/mol. The van der Waals surface area contributed by atoms with Gasteiger partial charge in [-0.1, -0.05) is 17.7 Å². The van der Waals surface area contributed by atoms with Gasteiger partial charge < -0.3 is 5.32 Å². The number of carbonyl (C=O) groups is 1. The van der Waals surface area contributed by atoms with Crippen molar-refractivity contribution in [3.8, 4) is 6.07 Å². The van der Waals surface area contributed by atoms with Crippen LogP contribution in [0.2, 0.25) is 5.02 Å². The maximum atomic E-state index is 13.7. The maximum Gasteiger partial charge on any atom is 0.254 e. The van der Waals surface area contributed by atoms with E-state index in [4.69, 9.17) is 16.9 Å². The van der Waals surface area contributed by atoms with E-state index in [2.05, 4.69) is 11.4 Å². The first-order valence-electron chi connectivity index (χ1n) is 6.46. The molecule has 4 nitrogen and oxygen atoms in total. The Labute approximate surface area is 122 Å². The number of halogens is 2. The summed E-state index contributed by atoms with van der Waals surface area (Å²) < 4.78 is 13.7. The fourth-order valence-corrected chi connectivity index (χ4v) is 2.45. The van der Waals surface area contributed by atoms with E-state index in [1.54, 1.807) is 6.07 Å². The summed E-state index contributed by atoms with van der Waals surface area (Å²) in [5, 5.41) is 11.4. The van der Waals surface area contributed by atoms with Crippen LogP contribution in [0.1, 0.15) is 23.2 Å². The van der Waals surface area contributed by atoms with E-state index in [0.29, 0.717) is 6.54 Å². The molecule has 0 unspecified atom stereocenters. The molecule has 1 amide bonds. The third-order valence-electron chi connectivity index (χ3n) is 3.41. The van der Waals surface area contributed by atoms with Gasteiger partial charge in [-0.05, 0) is 25.0 Å². The Morgan fingerprint density at radius 3 is 2.85 bits per heavy atom. The summed E-state index contributed by atoms with van der Waals surface area (Å²) in [4.78, 5) is 14.0. The minimum atomic E-state index is -0.686. The van der Waals surface area contributed by atoms with E-state index in [9.17, 15) is 9.18 Å². The largest absolute Gasteiger partial charge is 0.349 e. The first-order valence-corrected chi connectivity index (χ1v) is 6.84. The van der Waals surface area contributed by atoms with Gasteiger partial charge in [0.05, 0.1) is 23.2 Å². The lowest BCUT2D eigenvalue weighted by molar-refractivity contribution is 0.0910. The number of piperidine rings is 1. The monoisotopic (exact) mass is 295 g/mol. The van der Waals surface area contributed by atoms with Crippen LogP contribution in [0.5, 0.6) is 0 Å². The number of carbonyl (C=O) groups excluding carboxylic acids is 1. The number of nitrogens with zero attached hydrogens (tertiary/aromatic N) is 2. The number of benzene rings is 1. The van der Waals surface area contributed by atoms with Crippen LogP contribution in [0.15, 0.2) is 18.2 Å². The molecule has 1 aliphatic rings. The minimum Gasteiger partial charge on any atom is -0.349 e. The van der Waals surface area contributed by atoms with Crippen LogP contribution in [0.3, 0.4) is 0 Å². The van der Waals surface area contributed by atoms with E-state index in [1.807, 2.05) is 4.90 Å². The summed E-state index contributed by atoms with van der Waals surface area (Å²) in [6, 6.07) is 6.50. The number of amides is 1. The van der Waals surface area contributed by atoms with Gasteiger partial charge in [-0.25, -0.2) is 4.39 Å². The molecule has 1 fully saturated rings. The van der Waals surface area contributed by atoms with Gasteiger partial charge >= 0.3 is 0 Å². The van der Waals surface area contributed by atoms with Crippen molar-refractivity contribution in [1.29, 1.82) is 5.26 Å². The van der Waals surface area contributed by atoms with Crippen LogP contribution in [0, 0.1) is 17.1 Å². The van der Waals surface area contributed by atoms with Crippen molar-refractivity contribution in [3.63, 3.8) is 0 Å². The smallest absolute Gasteiger partial charge is 0.254 e. The summed E-state index contributed by atoms with van der Waals surface area (Å²) in [7, 11) is 0. The third kappa shape index (κ3) is 3.47. The standard InChI is InChI=1S/C14H15ClFN3O/c15-12-3-1-2-11(13(12)16)14(20)18-10-4-7-19(8-5-10)9-6-17/h1-3,10H,4-5,7-9H2,(H,18,20). The highest BCUT2D eigenvalue weighted by Crippen LogP contribution is 2.18. The van der Waals surface area contributed by atoms with Crippen molar-refractivity contribution in [2.24, 2.45) is 0 Å². The molecule has 0 saturated carbocycles. The zero-order valence-electron chi connectivity index (χ0n) is 10.9. The highest BCUT2D eigenvalue weighted by molar-refractivity contribution is 6.31. The van der Waals surface area contributed by atoms with Crippen molar-refractivity contribution in [1.82, 2.24) is 10.2 Å². The van der Waals surface area contributed by atoms with Crippen LogP contribution >= 0.6 is 11.6 Å². The van der Waals surface area contributed by atoms with Gasteiger partial charge in [0, 0.05) is 19.1 Å². The highest BCUT2D eigenvalue weighted by atomic mass is 35.5. The summed E-state index contributed by atoms with van der Waals surface area (Å²) in [5.74, 6) is -1.13. The molecule has 0 radical (unpaired) electrons. The lowest BCUT2D eigenvalue weighted by Crippen LogP contribution is -2.44. The first kappa shape index (κ1) is 14.8. The molecule has 1 heterocycles. The van der Waals surface area contributed by atoms with Crippen LogP contribution in [-0.4, -0.2) is 36.5 Å². The van der Waals surface area contributed by atoms with E-state index in [0.717, 1.165) is 25.9 Å². The van der Waals surface area contributed by atoms with Gasteiger partial charge in [0.25, 0.3) is 5.91 Å². The molecule has 1 saturated heterocycles. The predicted molar refractivity (Wildman–Crippen MR) is 74.0 cm³/mol. The Kier molecular flexibility index (Phi) is 4.94. The minimum absolute atomic E-state index is 0.0100. The van der Waals surface area contributed by atoms with Gasteiger partial charge in [0.2, 0.25) is 0 Å². The van der Waals surface area contributed by atoms with Gasteiger partial charge in [0.1, 0.15) is 0 Å². The molecule has 1 aliphatic heterocycles. The second-order valence-corrected chi connectivity index (χ2v) is 5.19. The fourth-order valence-electron chi connectivity index (χ4n) is 2.28. The molecule has 1 aromatic rings. The number of hydrogen-bond acceptors (Lipinski definition) is 3. The summed E-state index contributed by atoms with van der Waals surface area (Å²) in [6.07, 6.45) is 1.52. The Hall–Kier alpha value is -1.64. The molecule has 0 bridgehead atoms. The predicted octanol–water partition coefficient (Wildman–Crippen LogP) is 2.20. The topological polar surface area (TPSA) is 56.1 Å². The lowest BCUT2D eigenvalue weighted by atomic mass is 10.0. The summed E-state index contributed by atoms with van der Waals surface area (Å²) in [5.41, 5.74) is -0.0306. The molecule has 0 aliphatic carbocycles. The molecule has 20 heavy (non-hydrogen) atoms. The third-order valence-corrected chi connectivity index (χ3v) is 3.71. The molecule has 0 spiro atoms. The van der Waals surface area contributed by atoms with E-state index in [-0.39, 0.29) is 16.6 Å². The first-order chi connectivity index (χ1) is 9.61. The second kappa shape index (κ2) is 6.69. The normalized spacial score (nSPS) is 16.6. The van der Waals surface area contributed by atoms with E-state index >= 15 is 0 Å². The quantitative estimate of drug-likeness (QED) is 0.870. The molecule has 1 aromatic carbocycles. The number of nitrogens with one attached hydrogen (secondary N) is 1. The fraction of sp³-hybridized carbons (Fsp3) is 0.429. The number of rotatable bonds is 3. The maximum absolute atomic E-state index is 13.7. The van der Waals surface area contributed by atoms with Gasteiger partial charge in [-0.2, -0.15) is 5.26 Å². The van der Waals surface area contributed by atoms with E-state index in [1.165, 1.54) is 12.1 Å². The molecular formula is C14H15ClFN3O. The molecule has 106 valence electrons. The van der Waals surface area contributed by atoms with Crippen LogP contribution < -0.4 is 5.32 Å². The molecular weight excluding hydrogens is 281 g/mol. The van der Waals surface area contributed by atoms with Crippen molar-refractivity contribution >= 4 is 17.5 Å². The molecule has 1 N–H and O–H groups in total. The highest BCUT2D eigenvalue weighted by Gasteiger charge is 2.22. The van der Waals surface area contributed by atoms with Crippen LogP contribution in [-0.2, 0) is 0 Å². The zero-order valence-corrected chi connectivity index (χ0v) is 11.7. The Bertz CT molecular complexity index is 536. The van der Waals surface area contributed by atoms with Crippen LogP contribution in [0.4, 0.5) is 4.39 Å². The molecule has 2 rings (SSSR count).